The van der Waals surface area contributed by atoms with Crippen LogP contribution in [0.25, 0.3) is 10.9 Å². The average Bonchev–Trinajstić information content (AvgIpc) is 3.31. The van der Waals surface area contributed by atoms with E-state index in [1.807, 2.05) is 6.92 Å². The van der Waals surface area contributed by atoms with Crippen molar-refractivity contribution in [3.05, 3.63) is 63.3 Å². The normalized spacial score (nSPS) is 18.2. The molecule has 0 spiro atoms. The summed E-state index contributed by atoms with van der Waals surface area (Å²) < 4.78 is 0. The number of carboxylic acid groups (broad SMARTS) is 1. The Labute approximate surface area is 258 Å². The topological polar surface area (TPSA) is 187 Å². The number of nitrogens with two attached hydrogens (primary N) is 1. The quantitative estimate of drug-likeness (QED) is 0.168. The Balaban J connectivity index is 1.70. The smallest absolute Gasteiger partial charge is 0.405 e. The van der Waals surface area contributed by atoms with Gasteiger partial charge in [0.1, 0.15) is 23.4 Å². The molecule has 0 saturated heterocycles. The Morgan fingerprint density at radius 3 is 2.44 bits per heavy atom. The van der Waals surface area contributed by atoms with Crippen LogP contribution >= 0.6 is 23.2 Å². The molecule has 43 heavy (non-hydrogen) atoms. The third-order valence-corrected chi connectivity index (χ3v) is 8.69. The molecule has 1 heterocycles. The van der Waals surface area contributed by atoms with Crippen LogP contribution in [0.3, 0.4) is 0 Å². The molecule has 0 aliphatic heterocycles. The summed E-state index contributed by atoms with van der Waals surface area (Å²) in [6, 6.07) is 7.50. The number of aryl methyl sites for hydroxylation is 2. The number of aromatic nitrogens is 1. The number of carbonyl (C=O) groups is 4. The maximum Gasteiger partial charge on any atom is 0.405 e. The van der Waals surface area contributed by atoms with Gasteiger partial charge < -0.3 is 36.9 Å². The molecule has 2 aromatic carbocycles. The maximum absolute atomic E-state index is 14.1. The maximum atomic E-state index is 14.1. The predicted octanol–water partition coefficient (Wildman–Crippen LogP) is 3.81. The molecule has 0 bridgehead atoms. The number of rotatable bonds is 11. The number of hydrogen-bond donors (Lipinski definition) is 7. The molecule has 4 amide bonds. The molecule has 1 aliphatic carbocycles. The number of fused-ring (bicyclic) bond motifs is 3. The third-order valence-electron chi connectivity index (χ3n) is 8.18. The van der Waals surface area contributed by atoms with Crippen molar-refractivity contribution in [2.24, 2.45) is 11.7 Å². The summed E-state index contributed by atoms with van der Waals surface area (Å²) in [5.41, 5.74) is 7.08. The zero-order chi connectivity index (χ0) is 31.5. The second kappa shape index (κ2) is 13.1. The van der Waals surface area contributed by atoms with E-state index in [1.54, 1.807) is 31.2 Å². The van der Waals surface area contributed by atoms with Crippen LogP contribution < -0.4 is 21.7 Å². The van der Waals surface area contributed by atoms with Crippen LogP contribution in [0.4, 0.5) is 4.79 Å². The number of hydrogen-bond acceptors (Lipinski definition) is 5. The molecule has 0 radical (unpaired) electrons. The lowest BCUT2D eigenvalue weighted by Gasteiger charge is -2.39. The van der Waals surface area contributed by atoms with E-state index in [1.165, 1.54) is 12.1 Å². The minimum atomic E-state index is -1.55. The van der Waals surface area contributed by atoms with Gasteiger partial charge in [0, 0.05) is 22.5 Å². The van der Waals surface area contributed by atoms with Gasteiger partial charge in [0.2, 0.25) is 17.7 Å². The lowest BCUT2D eigenvalue weighted by molar-refractivity contribution is -0.137. The van der Waals surface area contributed by atoms with E-state index in [9.17, 15) is 29.4 Å². The van der Waals surface area contributed by atoms with Crippen molar-refractivity contribution < 1.29 is 29.4 Å². The fraction of sp³-hybridized carbons (Fsp3) is 0.400. The first-order chi connectivity index (χ1) is 20.3. The number of phenols is 1. The van der Waals surface area contributed by atoms with Crippen molar-refractivity contribution in [1.29, 1.82) is 0 Å². The highest BCUT2D eigenvalue weighted by Crippen LogP contribution is 2.38. The number of amides is 4. The largest absolute Gasteiger partial charge is 0.508 e. The minimum Gasteiger partial charge on any atom is -0.508 e. The molecule has 3 aromatic rings. The van der Waals surface area contributed by atoms with E-state index in [0.717, 1.165) is 16.8 Å². The van der Waals surface area contributed by atoms with Crippen LogP contribution in [-0.2, 0) is 33.6 Å². The molecule has 1 aromatic heterocycles. The predicted molar refractivity (Wildman–Crippen MR) is 163 cm³/mol. The highest BCUT2D eigenvalue weighted by Gasteiger charge is 2.46. The van der Waals surface area contributed by atoms with Gasteiger partial charge in [-0.05, 0) is 67.0 Å². The fourth-order valence-corrected chi connectivity index (χ4v) is 6.09. The summed E-state index contributed by atoms with van der Waals surface area (Å²) in [7, 11) is 0. The van der Waals surface area contributed by atoms with Gasteiger partial charge in [0.05, 0.1) is 10.5 Å². The second-order valence-electron chi connectivity index (χ2n) is 11.1. The van der Waals surface area contributed by atoms with Gasteiger partial charge in [-0.15, -0.1) is 0 Å². The SMILES string of the molecule is CC[C@H](C)[C@H](NC(=O)[C@@]1(NC(=O)[C@H](CCc2ccc(O)cc2)NC(=O)O)CCc2[nH]c3c(Cl)cc(Cl)cc3c2C1)C(N)=O. The first-order valence-corrected chi connectivity index (χ1v) is 14.8. The number of aromatic amines is 1. The standard InChI is InChI=1S/C30H35Cl2N5O6/c1-3-15(2)24(26(33)39)36-28(41)30(11-10-22-20(14-30)19-12-17(31)13-21(32)25(19)34-22)37-27(40)23(35-29(42)43)9-6-16-4-7-18(38)8-5-16/h4-5,7-8,12-13,15,23-24,34-35,38H,3,6,9-11,14H2,1-2H3,(H2,33,39)(H,36,41)(H,37,40)(H,42,43)/t15-,23-,24-,30+/m0/s1. The summed E-state index contributed by atoms with van der Waals surface area (Å²) in [6.45, 7) is 3.66. The molecule has 4 atom stereocenters. The van der Waals surface area contributed by atoms with Gasteiger partial charge >= 0.3 is 6.09 Å². The summed E-state index contributed by atoms with van der Waals surface area (Å²) in [6.07, 6.45) is 0.0983. The molecule has 11 nitrogen and oxygen atoms in total. The summed E-state index contributed by atoms with van der Waals surface area (Å²) in [5.74, 6) is -2.20. The van der Waals surface area contributed by atoms with Gasteiger partial charge in [-0.25, -0.2) is 4.79 Å². The Hall–Kier alpha value is -3.96. The molecule has 8 N–H and O–H groups in total. The summed E-state index contributed by atoms with van der Waals surface area (Å²) in [5, 5.41) is 28.5. The highest BCUT2D eigenvalue weighted by molar-refractivity contribution is 6.38. The number of halogens is 2. The van der Waals surface area contributed by atoms with E-state index in [0.29, 0.717) is 40.2 Å². The van der Waals surface area contributed by atoms with Crippen LogP contribution in [0.1, 0.15) is 49.9 Å². The molecule has 13 heteroatoms. The van der Waals surface area contributed by atoms with Gasteiger partial charge in [0.15, 0.2) is 0 Å². The van der Waals surface area contributed by atoms with Gasteiger partial charge in [0.25, 0.3) is 0 Å². The van der Waals surface area contributed by atoms with Crippen LogP contribution in [-0.4, -0.2) is 56.6 Å². The monoisotopic (exact) mass is 631 g/mol. The van der Waals surface area contributed by atoms with Crippen LogP contribution in [0.5, 0.6) is 5.75 Å². The van der Waals surface area contributed by atoms with E-state index >= 15 is 0 Å². The van der Waals surface area contributed by atoms with E-state index in [-0.39, 0.29) is 30.9 Å². The summed E-state index contributed by atoms with van der Waals surface area (Å²) >= 11 is 12.7. The minimum absolute atomic E-state index is 0.0281. The Bertz CT molecular complexity index is 1540. The number of primary amides is 1. The van der Waals surface area contributed by atoms with E-state index in [2.05, 4.69) is 20.9 Å². The highest BCUT2D eigenvalue weighted by atomic mass is 35.5. The van der Waals surface area contributed by atoms with Crippen molar-refractivity contribution >= 4 is 57.9 Å². The van der Waals surface area contributed by atoms with Crippen LogP contribution in [0, 0.1) is 5.92 Å². The van der Waals surface area contributed by atoms with E-state index < -0.39 is 41.4 Å². The first-order valence-electron chi connectivity index (χ1n) is 14.0. The lowest BCUT2D eigenvalue weighted by atomic mass is 9.78. The zero-order valence-corrected chi connectivity index (χ0v) is 25.3. The molecule has 0 fully saturated rings. The van der Waals surface area contributed by atoms with Crippen molar-refractivity contribution in [3.63, 3.8) is 0 Å². The molecule has 0 unspecified atom stereocenters. The number of carbonyl (C=O) groups excluding carboxylic acids is 3. The van der Waals surface area contributed by atoms with Crippen molar-refractivity contribution in [2.75, 3.05) is 0 Å². The van der Waals surface area contributed by atoms with E-state index in [4.69, 9.17) is 28.9 Å². The number of H-pyrrole nitrogens is 1. The number of nitrogens with one attached hydrogen (secondary N) is 4. The molecule has 4 rings (SSSR count). The van der Waals surface area contributed by atoms with Gasteiger partial charge in [-0.2, -0.15) is 0 Å². The summed E-state index contributed by atoms with van der Waals surface area (Å²) in [4.78, 5) is 55.1. The van der Waals surface area contributed by atoms with Gasteiger partial charge in [-0.3, -0.25) is 14.4 Å². The number of aromatic hydroxyl groups is 1. The number of phenolic OH excluding ortho intramolecular Hbond substituents is 1. The van der Waals surface area contributed by atoms with Crippen molar-refractivity contribution in [3.8, 4) is 5.75 Å². The first kappa shape index (κ1) is 32.0. The van der Waals surface area contributed by atoms with Crippen molar-refractivity contribution in [2.45, 2.75) is 70.0 Å². The Morgan fingerprint density at radius 2 is 1.81 bits per heavy atom. The van der Waals surface area contributed by atoms with Gasteiger partial charge in [-0.1, -0.05) is 55.6 Å². The number of benzene rings is 2. The van der Waals surface area contributed by atoms with Crippen LogP contribution in [0.15, 0.2) is 36.4 Å². The molecular weight excluding hydrogens is 597 g/mol. The molecule has 0 saturated carbocycles. The van der Waals surface area contributed by atoms with Crippen LogP contribution in [0.2, 0.25) is 10.0 Å². The second-order valence-corrected chi connectivity index (χ2v) is 11.9. The Morgan fingerprint density at radius 1 is 1.12 bits per heavy atom. The fourth-order valence-electron chi connectivity index (χ4n) is 5.55. The molecule has 1 aliphatic rings. The zero-order valence-electron chi connectivity index (χ0n) is 23.8. The molecule has 230 valence electrons. The lowest BCUT2D eigenvalue weighted by Crippen LogP contribution is -2.66. The third kappa shape index (κ3) is 7.17. The Kier molecular flexibility index (Phi) is 9.76. The molecular formula is C30H35Cl2N5O6. The average molecular weight is 633 g/mol. The van der Waals surface area contributed by atoms with Crippen molar-refractivity contribution in [1.82, 2.24) is 20.9 Å².